The van der Waals surface area contributed by atoms with E-state index in [0.717, 1.165) is 17.3 Å². The van der Waals surface area contributed by atoms with E-state index in [1.165, 1.54) is 47.9 Å². The number of hydrogen-bond donors (Lipinski definition) is 1. The Labute approximate surface area is 154 Å². The second kappa shape index (κ2) is 6.61. The molecule has 0 unspecified atom stereocenters. The zero-order valence-electron chi connectivity index (χ0n) is 13.2. The predicted octanol–water partition coefficient (Wildman–Crippen LogP) is 4.22. The van der Waals surface area contributed by atoms with Crippen molar-refractivity contribution in [3.63, 3.8) is 0 Å². The second-order valence-electron chi connectivity index (χ2n) is 6.41. The number of benzene rings is 1. The van der Waals surface area contributed by atoms with Crippen LogP contribution in [0.5, 0.6) is 0 Å². The summed E-state index contributed by atoms with van der Waals surface area (Å²) in [5.74, 6) is 1.25. The Kier molecular flexibility index (Phi) is 4.49. The number of carbonyl (C=O) groups is 1. The molecule has 2 atom stereocenters. The van der Waals surface area contributed by atoms with Crippen LogP contribution in [0.1, 0.15) is 31.2 Å². The maximum atomic E-state index is 12.9. The van der Waals surface area contributed by atoms with Crippen LogP contribution in [0.2, 0.25) is 0 Å². The molecule has 0 radical (unpaired) electrons. The van der Waals surface area contributed by atoms with E-state index in [1.807, 2.05) is 6.07 Å². The second-order valence-corrected chi connectivity index (χ2v) is 9.29. The first-order chi connectivity index (χ1) is 11.7. The third-order valence-corrected chi connectivity index (χ3v) is 7.45. The van der Waals surface area contributed by atoms with Gasteiger partial charge in [0.2, 0.25) is 5.91 Å². The average Bonchev–Trinajstić information content (AvgIpc) is 3.00. The van der Waals surface area contributed by atoms with Gasteiger partial charge in [0.05, 0.1) is 11.3 Å². The normalized spacial score (nSPS) is 25.8. The number of likely N-dealkylation sites (tertiary alicyclic amines) is 1. The summed E-state index contributed by atoms with van der Waals surface area (Å²) in [6, 6.07) is 10.6. The molecule has 4 nitrogen and oxygen atoms in total. The van der Waals surface area contributed by atoms with Gasteiger partial charge >= 0.3 is 0 Å². The molecule has 1 N–H and O–H groups in total. The lowest BCUT2D eigenvalue weighted by Gasteiger charge is -2.61. The molecule has 1 aliphatic carbocycles. The largest absolute Gasteiger partial charge is 0.331 e. The molecule has 7 heteroatoms. The Morgan fingerprint density at radius 3 is 2.96 bits per heavy atom. The lowest BCUT2D eigenvalue weighted by atomic mass is 9.61. The molecule has 2 fully saturated rings. The molecule has 2 heterocycles. The van der Waals surface area contributed by atoms with E-state index >= 15 is 0 Å². The van der Waals surface area contributed by atoms with Gasteiger partial charge in [-0.15, -0.1) is 0 Å². The van der Waals surface area contributed by atoms with Crippen molar-refractivity contribution in [2.75, 3.05) is 12.3 Å². The lowest BCUT2D eigenvalue weighted by molar-refractivity contribution is -0.163. The van der Waals surface area contributed by atoms with E-state index in [-0.39, 0.29) is 11.4 Å². The minimum absolute atomic E-state index is 0.0741. The molecule has 1 amide bonds. The smallest absolute Gasteiger partial charge is 0.233 e. The molecule has 1 aromatic carbocycles. The molecule has 1 aliphatic heterocycles. The summed E-state index contributed by atoms with van der Waals surface area (Å²) in [5, 5.41) is 6.90. The predicted molar refractivity (Wildman–Crippen MR) is 99.8 cm³/mol. The zero-order chi connectivity index (χ0) is 16.6. The van der Waals surface area contributed by atoms with Crippen molar-refractivity contribution in [2.45, 2.75) is 35.6 Å². The highest BCUT2D eigenvalue weighted by atomic mass is 32.2. The van der Waals surface area contributed by atoms with Gasteiger partial charge in [-0.2, -0.15) is 5.10 Å². The Balaban J connectivity index is 1.53. The quantitative estimate of drug-likeness (QED) is 0.640. The first-order valence-corrected chi connectivity index (χ1v) is 10.5. The van der Waals surface area contributed by atoms with E-state index in [4.69, 9.17) is 12.2 Å². The van der Waals surface area contributed by atoms with Gasteiger partial charge in [0.1, 0.15) is 0 Å². The molecule has 0 spiro atoms. The van der Waals surface area contributed by atoms with Crippen LogP contribution in [0.3, 0.4) is 0 Å². The topological polar surface area (TPSA) is 49.0 Å². The third-order valence-electron chi connectivity index (χ3n) is 5.23. The van der Waals surface area contributed by atoms with Gasteiger partial charge in [0.25, 0.3) is 0 Å². The number of hydrogen-bond acceptors (Lipinski definition) is 5. The summed E-state index contributed by atoms with van der Waals surface area (Å²) in [6.07, 6.45) is 4.79. The van der Waals surface area contributed by atoms with Crippen LogP contribution >= 0.6 is 35.3 Å². The summed E-state index contributed by atoms with van der Waals surface area (Å²) in [4.78, 5) is 15.0. The van der Waals surface area contributed by atoms with Gasteiger partial charge in [-0.25, -0.2) is 0 Å². The monoisotopic (exact) mass is 377 g/mol. The van der Waals surface area contributed by atoms with E-state index < -0.39 is 0 Å². The molecule has 1 saturated carbocycles. The Bertz CT molecular complexity index is 788. The first-order valence-electron chi connectivity index (χ1n) is 8.24. The van der Waals surface area contributed by atoms with Crippen molar-refractivity contribution in [1.82, 2.24) is 15.1 Å². The molecule has 1 aromatic heterocycles. The van der Waals surface area contributed by atoms with E-state index in [9.17, 15) is 4.79 Å². The summed E-state index contributed by atoms with van der Waals surface area (Å²) < 4.78 is 1.49. The number of nitrogens with zero attached hydrogens (tertiary/aromatic N) is 2. The van der Waals surface area contributed by atoms with Crippen molar-refractivity contribution in [2.24, 2.45) is 5.92 Å². The van der Waals surface area contributed by atoms with Gasteiger partial charge in [-0.05, 0) is 30.6 Å². The van der Waals surface area contributed by atoms with Crippen LogP contribution in [0, 0.1) is 9.87 Å². The minimum atomic E-state index is -0.0741. The highest BCUT2D eigenvalue weighted by Crippen LogP contribution is 2.53. The maximum absolute atomic E-state index is 12.9. The van der Waals surface area contributed by atoms with Crippen LogP contribution in [0.4, 0.5) is 0 Å². The molecular formula is C17H19N3OS3. The highest BCUT2D eigenvalue weighted by molar-refractivity contribution is 8.01. The van der Waals surface area contributed by atoms with Crippen LogP contribution in [-0.4, -0.2) is 33.3 Å². The third kappa shape index (κ3) is 2.72. The molecule has 1 saturated heterocycles. The molecular weight excluding hydrogens is 358 g/mol. The minimum Gasteiger partial charge on any atom is -0.331 e. The molecule has 24 heavy (non-hydrogen) atoms. The number of aromatic amines is 1. The molecule has 2 aliphatic rings. The van der Waals surface area contributed by atoms with E-state index in [1.54, 1.807) is 0 Å². The van der Waals surface area contributed by atoms with Crippen molar-refractivity contribution in [3.8, 4) is 0 Å². The summed E-state index contributed by atoms with van der Waals surface area (Å²) in [5.41, 5.74) is 1.23. The molecule has 0 bridgehead atoms. The molecule has 4 rings (SSSR count). The summed E-state index contributed by atoms with van der Waals surface area (Å²) >= 11 is 7.95. The van der Waals surface area contributed by atoms with Crippen molar-refractivity contribution in [3.05, 3.63) is 39.8 Å². The number of nitrogens with one attached hydrogen (secondary N) is 1. The Hall–Kier alpha value is -1.18. The molecule has 2 aromatic rings. The SMILES string of the molecule is O=C(CSc1n[nH]c(=S)s1)N1C[C@@H]2CCCC[C@]21c1ccccc1. The number of fused-ring (bicyclic) bond motifs is 1. The highest BCUT2D eigenvalue weighted by Gasteiger charge is 2.56. The zero-order valence-corrected chi connectivity index (χ0v) is 15.7. The van der Waals surface area contributed by atoms with Gasteiger partial charge in [-0.1, -0.05) is 66.3 Å². The number of aromatic nitrogens is 2. The Morgan fingerprint density at radius 2 is 2.25 bits per heavy atom. The number of carbonyl (C=O) groups excluding carboxylic acids is 1. The van der Waals surface area contributed by atoms with Crippen LogP contribution < -0.4 is 0 Å². The van der Waals surface area contributed by atoms with Crippen LogP contribution in [0.15, 0.2) is 34.7 Å². The number of rotatable bonds is 4. The summed E-state index contributed by atoms with van der Waals surface area (Å²) in [7, 11) is 0. The lowest BCUT2D eigenvalue weighted by Crippen LogP contribution is -2.67. The van der Waals surface area contributed by atoms with Gasteiger partial charge in [-0.3, -0.25) is 9.89 Å². The van der Waals surface area contributed by atoms with E-state index in [2.05, 4.69) is 39.4 Å². The van der Waals surface area contributed by atoms with Crippen molar-refractivity contribution < 1.29 is 4.79 Å². The van der Waals surface area contributed by atoms with Gasteiger partial charge < -0.3 is 4.90 Å². The Morgan fingerprint density at radius 1 is 1.42 bits per heavy atom. The summed E-state index contributed by atoms with van der Waals surface area (Å²) in [6.45, 7) is 0.893. The van der Waals surface area contributed by atoms with Crippen molar-refractivity contribution in [1.29, 1.82) is 0 Å². The van der Waals surface area contributed by atoms with Crippen molar-refractivity contribution >= 4 is 41.2 Å². The van der Waals surface area contributed by atoms with Gasteiger partial charge in [0, 0.05) is 12.5 Å². The number of amides is 1. The van der Waals surface area contributed by atoms with Gasteiger partial charge in [0.15, 0.2) is 8.29 Å². The number of H-pyrrole nitrogens is 1. The first kappa shape index (κ1) is 16.3. The van der Waals surface area contributed by atoms with E-state index in [0.29, 0.717) is 15.6 Å². The fourth-order valence-electron chi connectivity index (χ4n) is 4.16. The average molecular weight is 378 g/mol. The molecule has 126 valence electrons. The standard InChI is InChI=1S/C17H19N3OS3/c21-14(11-23-16-19-18-15(22)24-16)20-10-13-8-4-5-9-17(13,20)12-6-2-1-3-7-12/h1-3,6-7,13H,4-5,8-11H2,(H,18,22)/t13-,17-/m0/s1. The fraction of sp³-hybridized carbons (Fsp3) is 0.471. The van der Waals surface area contributed by atoms with Crippen LogP contribution in [0.25, 0.3) is 0 Å². The maximum Gasteiger partial charge on any atom is 0.233 e. The fourth-order valence-corrected chi connectivity index (χ4v) is 6.12. The number of thioether (sulfide) groups is 1. The van der Waals surface area contributed by atoms with Crippen LogP contribution in [-0.2, 0) is 10.3 Å².